The number of rotatable bonds is 5. The van der Waals surface area contributed by atoms with Crippen molar-refractivity contribution in [3.8, 4) is 17.2 Å². The van der Waals surface area contributed by atoms with E-state index >= 15 is 0 Å². The molecule has 5 nitrogen and oxygen atoms in total. The zero-order valence-electron chi connectivity index (χ0n) is 11.6. The fraction of sp³-hybridized carbons (Fsp3) is 0.200. The third kappa shape index (κ3) is 3.64. The molecule has 0 saturated carbocycles. The number of nitro groups is 1. The first-order chi connectivity index (χ1) is 10.0. The lowest BCUT2D eigenvalue weighted by atomic mass is 10.2. The fourth-order valence-electron chi connectivity index (χ4n) is 1.80. The monoisotopic (exact) mass is 307 g/mol. The van der Waals surface area contributed by atoms with Gasteiger partial charge >= 0.3 is 5.69 Å². The summed E-state index contributed by atoms with van der Waals surface area (Å²) < 4.78 is 10.9. The molecule has 6 heteroatoms. The van der Waals surface area contributed by atoms with Gasteiger partial charge in [-0.3, -0.25) is 10.1 Å². The van der Waals surface area contributed by atoms with Crippen LogP contribution >= 0.6 is 11.6 Å². The average molecular weight is 308 g/mol. The summed E-state index contributed by atoms with van der Waals surface area (Å²) in [6.07, 6.45) is 0. The van der Waals surface area contributed by atoms with Crippen molar-refractivity contribution in [3.05, 3.63) is 57.1 Å². The zero-order chi connectivity index (χ0) is 15.4. The average Bonchev–Trinajstić information content (AvgIpc) is 2.42. The Hall–Kier alpha value is -2.27. The van der Waals surface area contributed by atoms with E-state index in [1.54, 1.807) is 19.1 Å². The van der Waals surface area contributed by atoms with Crippen molar-refractivity contribution >= 4 is 17.3 Å². The number of hydrogen-bond donors (Lipinski definition) is 0. The van der Waals surface area contributed by atoms with E-state index in [9.17, 15) is 10.1 Å². The minimum absolute atomic E-state index is 0.0980. The number of halogens is 1. The Morgan fingerprint density at radius 2 is 1.95 bits per heavy atom. The van der Waals surface area contributed by atoms with E-state index in [0.717, 1.165) is 5.56 Å². The first kappa shape index (κ1) is 15.1. The van der Waals surface area contributed by atoms with Crippen LogP contribution in [0.2, 0.25) is 5.02 Å². The number of benzene rings is 2. The lowest BCUT2D eigenvalue weighted by Gasteiger charge is -2.10. The molecule has 0 heterocycles. The smallest absolute Gasteiger partial charge is 0.311 e. The van der Waals surface area contributed by atoms with Gasteiger partial charge < -0.3 is 9.47 Å². The van der Waals surface area contributed by atoms with E-state index in [1.807, 2.05) is 13.0 Å². The molecule has 0 atom stereocenters. The van der Waals surface area contributed by atoms with Gasteiger partial charge in [0.15, 0.2) is 0 Å². The third-order valence-corrected chi connectivity index (χ3v) is 3.04. The summed E-state index contributed by atoms with van der Waals surface area (Å²) in [6.45, 7) is 4.01. The molecule has 2 aromatic rings. The van der Waals surface area contributed by atoms with Gasteiger partial charge in [-0.15, -0.1) is 0 Å². The van der Waals surface area contributed by atoms with E-state index in [1.165, 1.54) is 18.2 Å². The number of nitro benzene ring substituents is 1. The molecule has 0 bridgehead atoms. The molecule has 0 amide bonds. The van der Waals surface area contributed by atoms with Crippen molar-refractivity contribution in [2.24, 2.45) is 0 Å². The van der Waals surface area contributed by atoms with E-state index < -0.39 is 4.92 Å². The Morgan fingerprint density at radius 1 is 1.19 bits per heavy atom. The summed E-state index contributed by atoms with van der Waals surface area (Å²) in [5, 5.41) is 11.4. The summed E-state index contributed by atoms with van der Waals surface area (Å²) in [7, 11) is 0. The fourth-order valence-corrected chi connectivity index (χ4v) is 2.07. The molecule has 0 spiro atoms. The second-order valence-electron chi connectivity index (χ2n) is 4.36. The molecule has 0 aromatic heterocycles. The van der Waals surface area contributed by atoms with Crippen LogP contribution < -0.4 is 9.47 Å². The van der Waals surface area contributed by atoms with Crippen LogP contribution in [0.1, 0.15) is 12.5 Å². The highest BCUT2D eigenvalue weighted by atomic mass is 35.5. The Kier molecular flexibility index (Phi) is 4.65. The topological polar surface area (TPSA) is 61.6 Å². The molecule has 2 rings (SSSR count). The number of nitrogens with zero attached hydrogens (tertiary/aromatic N) is 1. The molecule has 0 fully saturated rings. The van der Waals surface area contributed by atoms with Gasteiger partial charge in [-0.05, 0) is 37.6 Å². The van der Waals surface area contributed by atoms with Crippen LogP contribution in [-0.4, -0.2) is 11.5 Å². The maximum Gasteiger partial charge on any atom is 0.311 e. The molecule has 2 aromatic carbocycles. The highest BCUT2D eigenvalue weighted by Crippen LogP contribution is 2.35. The lowest BCUT2D eigenvalue weighted by Crippen LogP contribution is -1.98. The highest BCUT2D eigenvalue weighted by Gasteiger charge is 2.16. The second-order valence-corrected chi connectivity index (χ2v) is 4.76. The Morgan fingerprint density at radius 3 is 2.57 bits per heavy atom. The van der Waals surface area contributed by atoms with Gasteiger partial charge in [-0.25, -0.2) is 0 Å². The Balaban J connectivity index is 2.32. The van der Waals surface area contributed by atoms with E-state index in [4.69, 9.17) is 21.1 Å². The van der Waals surface area contributed by atoms with Gasteiger partial charge in [0.2, 0.25) is 5.75 Å². The molecule has 21 heavy (non-hydrogen) atoms. The summed E-state index contributed by atoms with van der Waals surface area (Å²) in [5.74, 6) is 1.08. The summed E-state index contributed by atoms with van der Waals surface area (Å²) in [5.41, 5.74) is 0.922. The van der Waals surface area contributed by atoms with Crippen molar-refractivity contribution in [1.29, 1.82) is 0 Å². The molecule has 0 radical (unpaired) electrons. The second kappa shape index (κ2) is 6.45. The molecule has 0 unspecified atom stereocenters. The highest BCUT2D eigenvalue weighted by molar-refractivity contribution is 6.32. The van der Waals surface area contributed by atoms with Crippen LogP contribution in [0.25, 0.3) is 0 Å². The van der Waals surface area contributed by atoms with Crippen LogP contribution in [0.5, 0.6) is 17.2 Å². The summed E-state index contributed by atoms with van der Waals surface area (Å²) >= 11 is 6.10. The zero-order valence-corrected chi connectivity index (χ0v) is 12.4. The normalized spacial score (nSPS) is 10.2. The van der Waals surface area contributed by atoms with Crippen LogP contribution in [0, 0.1) is 17.0 Å². The summed E-state index contributed by atoms with van der Waals surface area (Å²) in [4.78, 5) is 10.4. The Labute approximate surface area is 127 Å². The van der Waals surface area contributed by atoms with Crippen LogP contribution in [0.4, 0.5) is 5.69 Å². The minimum atomic E-state index is -0.492. The predicted molar refractivity (Wildman–Crippen MR) is 80.5 cm³/mol. The number of hydrogen-bond acceptors (Lipinski definition) is 4. The Bertz CT molecular complexity index is 673. The molecule has 0 aliphatic carbocycles. The van der Waals surface area contributed by atoms with Crippen molar-refractivity contribution in [3.63, 3.8) is 0 Å². The maximum atomic E-state index is 10.9. The lowest BCUT2D eigenvalue weighted by molar-refractivity contribution is -0.385. The minimum Gasteiger partial charge on any atom is -0.487 e. The van der Waals surface area contributed by atoms with Gasteiger partial charge in [0.05, 0.1) is 16.6 Å². The maximum absolute atomic E-state index is 10.9. The van der Waals surface area contributed by atoms with E-state index in [0.29, 0.717) is 23.1 Å². The van der Waals surface area contributed by atoms with Gasteiger partial charge in [-0.1, -0.05) is 17.7 Å². The molecular weight excluding hydrogens is 294 g/mol. The van der Waals surface area contributed by atoms with Gasteiger partial charge in [0.1, 0.15) is 11.5 Å². The van der Waals surface area contributed by atoms with Crippen molar-refractivity contribution in [2.45, 2.75) is 13.8 Å². The van der Waals surface area contributed by atoms with Crippen molar-refractivity contribution in [1.82, 2.24) is 0 Å². The van der Waals surface area contributed by atoms with Crippen LogP contribution in [0.3, 0.4) is 0 Å². The quantitative estimate of drug-likeness (QED) is 0.591. The van der Waals surface area contributed by atoms with Crippen molar-refractivity contribution < 1.29 is 14.4 Å². The van der Waals surface area contributed by atoms with Crippen molar-refractivity contribution in [2.75, 3.05) is 6.61 Å². The van der Waals surface area contributed by atoms with Crippen LogP contribution in [-0.2, 0) is 0 Å². The summed E-state index contributed by atoms with van der Waals surface area (Å²) in [6, 6.07) is 9.75. The van der Waals surface area contributed by atoms with Gasteiger partial charge in [0, 0.05) is 12.1 Å². The molecule has 0 aliphatic rings. The first-order valence-corrected chi connectivity index (χ1v) is 6.74. The SMILES string of the molecule is CCOc1cc(Oc2ccc(C)cc2Cl)ccc1[N+](=O)[O-]. The van der Waals surface area contributed by atoms with E-state index in [-0.39, 0.29) is 11.4 Å². The molecular formula is C15H14ClNO4. The third-order valence-electron chi connectivity index (χ3n) is 2.74. The van der Waals surface area contributed by atoms with E-state index in [2.05, 4.69) is 0 Å². The number of aryl methyl sites for hydroxylation is 1. The standard InChI is InChI=1S/C15H14ClNO4/c1-3-20-15-9-11(5-6-13(15)17(18)19)21-14-7-4-10(2)8-12(14)16/h4-9H,3H2,1-2H3. The van der Waals surface area contributed by atoms with Gasteiger partial charge in [-0.2, -0.15) is 0 Å². The number of ether oxygens (including phenoxy) is 2. The molecule has 0 aliphatic heterocycles. The largest absolute Gasteiger partial charge is 0.487 e. The van der Waals surface area contributed by atoms with Crippen LogP contribution in [0.15, 0.2) is 36.4 Å². The predicted octanol–water partition coefficient (Wildman–Crippen LogP) is 4.75. The molecule has 0 saturated heterocycles. The van der Waals surface area contributed by atoms with Gasteiger partial charge in [0.25, 0.3) is 0 Å². The molecule has 0 N–H and O–H groups in total. The first-order valence-electron chi connectivity index (χ1n) is 6.36. The molecule has 110 valence electrons.